The molecule has 0 saturated heterocycles. The topological polar surface area (TPSA) is 81.4 Å². The predicted molar refractivity (Wildman–Crippen MR) is 74.0 cm³/mol. The van der Waals surface area contributed by atoms with Gasteiger partial charge in [-0.2, -0.15) is 0 Å². The third-order valence-corrected chi connectivity index (χ3v) is 4.50. The second-order valence-electron chi connectivity index (χ2n) is 4.21. The van der Waals surface area contributed by atoms with E-state index in [1.165, 1.54) is 12.1 Å². The molecule has 0 saturated carbocycles. The van der Waals surface area contributed by atoms with Gasteiger partial charge < -0.3 is 10.5 Å². The van der Waals surface area contributed by atoms with Gasteiger partial charge in [0, 0.05) is 25.1 Å². The van der Waals surface area contributed by atoms with Crippen molar-refractivity contribution in [2.24, 2.45) is 5.73 Å². The fourth-order valence-corrected chi connectivity index (χ4v) is 3.32. The molecule has 0 fully saturated rings. The third-order valence-electron chi connectivity index (χ3n) is 2.82. The first kappa shape index (κ1) is 14.3. The van der Waals surface area contributed by atoms with Crippen molar-refractivity contribution in [1.29, 1.82) is 0 Å². The van der Waals surface area contributed by atoms with Crippen LogP contribution >= 0.6 is 11.6 Å². The van der Waals surface area contributed by atoms with Crippen LogP contribution in [-0.2, 0) is 16.4 Å². The predicted octanol–water partition coefficient (Wildman–Crippen LogP) is 1.07. The third kappa shape index (κ3) is 2.92. The molecule has 2 rings (SSSR count). The molecule has 0 radical (unpaired) electrons. The Morgan fingerprint density at radius 1 is 1.58 bits per heavy atom. The van der Waals surface area contributed by atoms with Crippen LogP contribution in [0, 0.1) is 0 Å². The smallest absolute Gasteiger partial charge is 0.240 e. The molecule has 1 atom stereocenters. The summed E-state index contributed by atoms with van der Waals surface area (Å²) in [6.45, 7) is 4.00. The molecule has 5 nitrogen and oxygen atoms in total. The molecule has 0 spiro atoms. The lowest BCUT2D eigenvalue weighted by Crippen LogP contribution is -2.24. The minimum Gasteiger partial charge on any atom is -0.487 e. The van der Waals surface area contributed by atoms with Crippen LogP contribution in [0.15, 0.2) is 29.7 Å². The van der Waals surface area contributed by atoms with Crippen LogP contribution < -0.4 is 15.2 Å². The molecule has 1 unspecified atom stereocenters. The summed E-state index contributed by atoms with van der Waals surface area (Å²) >= 11 is 6.06. The summed E-state index contributed by atoms with van der Waals surface area (Å²) in [6.07, 6.45) is 1.89. The number of halogens is 1. The molecule has 1 heterocycles. The van der Waals surface area contributed by atoms with E-state index in [1.54, 1.807) is 6.07 Å². The number of ether oxygens (including phenoxy) is 1. The summed E-state index contributed by atoms with van der Waals surface area (Å²) < 4.78 is 32.0. The number of benzene rings is 1. The molecule has 1 aromatic rings. The van der Waals surface area contributed by atoms with E-state index in [-0.39, 0.29) is 22.6 Å². The van der Waals surface area contributed by atoms with E-state index in [0.29, 0.717) is 18.7 Å². The number of fused-ring (bicyclic) bond motifs is 1. The van der Waals surface area contributed by atoms with E-state index in [9.17, 15) is 8.42 Å². The van der Waals surface area contributed by atoms with Crippen molar-refractivity contribution in [2.75, 3.05) is 13.1 Å². The first-order chi connectivity index (χ1) is 8.97. The molecule has 1 aliphatic rings. The van der Waals surface area contributed by atoms with E-state index < -0.39 is 10.0 Å². The normalized spacial score (nSPS) is 17.9. The number of hydrogen-bond donors (Lipinski definition) is 2. The summed E-state index contributed by atoms with van der Waals surface area (Å²) in [5.41, 5.74) is 6.31. The van der Waals surface area contributed by atoms with E-state index >= 15 is 0 Å². The first-order valence-electron chi connectivity index (χ1n) is 5.77. The zero-order chi connectivity index (χ0) is 14.0. The Morgan fingerprint density at radius 3 is 2.95 bits per heavy atom. The van der Waals surface area contributed by atoms with E-state index in [1.807, 2.05) is 0 Å². The van der Waals surface area contributed by atoms with Crippen LogP contribution in [0.5, 0.6) is 5.75 Å². The lowest BCUT2D eigenvalue weighted by atomic mass is 10.1. The van der Waals surface area contributed by atoms with Gasteiger partial charge in [0.15, 0.2) is 0 Å². The molecule has 0 aromatic heterocycles. The van der Waals surface area contributed by atoms with Crippen molar-refractivity contribution in [2.45, 2.75) is 17.4 Å². The summed E-state index contributed by atoms with van der Waals surface area (Å²) in [6, 6.07) is 2.95. The highest BCUT2D eigenvalue weighted by atomic mass is 35.5. The minimum absolute atomic E-state index is 0.124. The number of nitrogens with two attached hydrogens (primary N) is 1. The van der Waals surface area contributed by atoms with Gasteiger partial charge in [-0.15, -0.1) is 6.58 Å². The van der Waals surface area contributed by atoms with Crippen LogP contribution in [0.25, 0.3) is 0 Å². The molecule has 19 heavy (non-hydrogen) atoms. The maximum atomic E-state index is 12.0. The number of nitrogens with one attached hydrogen (secondary N) is 1. The summed E-state index contributed by atoms with van der Waals surface area (Å²) in [5.74, 6) is 0.528. The van der Waals surface area contributed by atoms with Gasteiger partial charge in [-0.1, -0.05) is 17.7 Å². The molecular weight excluding hydrogens is 288 g/mol. The van der Waals surface area contributed by atoms with Gasteiger partial charge in [-0.3, -0.25) is 0 Å². The quantitative estimate of drug-likeness (QED) is 0.797. The van der Waals surface area contributed by atoms with Crippen molar-refractivity contribution in [1.82, 2.24) is 4.72 Å². The molecule has 1 aromatic carbocycles. The van der Waals surface area contributed by atoms with Crippen molar-refractivity contribution in [3.63, 3.8) is 0 Å². The second-order valence-corrected chi connectivity index (χ2v) is 6.39. The Hall–Kier alpha value is -1.08. The van der Waals surface area contributed by atoms with Crippen molar-refractivity contribution in [3.8, 4) is 5.75 Å². The lowest BCUT2D eigenvalue weighted by Gasteiger charge is -2.09. The fraction of sp³-hybridized carbons (Fsp3) is 0.333. The van der Waals surface area contributed by atoms with Gasteiger partial charge in [-0.05, 0) is 12.1 Å². The Morgan fingerprint density at radius 2 is 2.32 bits per heavy atom. The van der Waals surface area contributed by atoms with Crippen molar-refractivity contribution >= 4 is 21.6 Å². The van der Waals surface area contributed by atoms with Gasteiger partial charge in [0.25, 0.3) is 0 Å². The highest BCUT2D eigenvalue weighted by Gasteiger charge is 2.27. The average Bonchev–Trinajstić information content (AvgIpc) is 2.80. The highest BCUT2D eigenvalue weighted by Crippen LogP contribution is 2.37. The zero-order valence-corrected chi connectivity index (χ0v) is 11.8. The van der Waals surface area contributed by atoms with Gasteiger partial charge in [0.1, 0.15) is 11.9 Å². The van der Waals surface area contributed by atoms with Gasteiger partial charge >= 0.3 is 0 Å². The molecule has 7 heteroatoms. The average molecular weight is 303 g/mol. The summed E-state index contributed by atoms with van der Waals surface area (Å²) in [4.78, 5) is 0.124. The maximum Gasteiger partial charge on any atom is 0.240 e. The Labute approximate surface area is 117 Å². The number of sulfonamides is 1. The van der Waals surface area contributed by atoms with Crippen LogP contribution in [0.4, 0.5) is 0 Å². The van der Waals surface area contributed by atoms with Crippen molar-refractivity contribution < 1.29 is 13.2 Å². The maximum absolute atomic E-state index is 12.0. The van der Waals surface area contributed by atoms with Crippen LogP contribution in [0.1, 0.15) is 5.56 Å². The molecular formula is C12H15ClN2O3S. The molecule has 1 aliphatic heterocycles. The van der Waals surface area contributed by atoms with Crippen LogP contribution in [0.3, 0.4) is 0 Å². The van der Waals surface area contributed by atoms with Gasteiger partial charge in [-0.25, -0.2) is 13.1 Å². The monoisotopic (exact) mass is 302 g/mol. The summed E-state index contributed by atoms with van der Waals surface area (Å²) in [5, 5.41) is 0.285. The SMILES string of the molecule is C=CCNS(=O)(=O)c1cc(Cl)c2c(c1)CC(CN)O2. The Balaban J connectivity index is 2.36. The molecule has 0 aliphatic carbocycles. The molecule has 104 valence electrons. The number of hydrogen-bond acceptors (Lipinski definition) is 4. The first-order valence-corrected chi connectivity index (χ1v) is 7.63. The standard InChI is InChI=1S/C12H15ClN2O3S/c1-2-3-15-19(16,17)10-5-8-4-9(7-14)18-12(8)11(13)6-10/h2,5-6,9,15H,1,3-4,7,14H2. The highest BCUT2D eigenvalue weighted by molar-refractivity contribution is 7.89. The molecule has 3 N–H and O–H groups in total. The van der Waals surface area contributed by atoms with E-state index in [2.05, 4.69) is 11.3 Å². The second kappa shape index (κ2) is 5.50. The molecule has 0 amide bonds. The van der Waals surface area contributed by atoms with Gasteiger partial charge in [0.05, 0.1) is 9.92 Å². The lowest BCUT2D eigenvalue weighted by molar-refractivity contribution is 0.241. The van der Waals surface area contributed by atoms with Crippen LogP contribution in [-0.4, -0.2) is 27.6 Å². The summed E-state index contributed by atoms with van der Waals surface area (Å²) in [7, 11) is -3.58. The van der Waals surface area contributed by atoms with Crippen LogP contribution in [0.2, 0.25) is 5.02 Å². The Bertz CT molecular complexity index is 601. The van der Waals surface area contributed by atoms with Crippen molar-refractivity contribution in [3.05, 3.63) is 35.4 Å². The Kier molecular flexibility index (Phi) is 4.15. The minimum atomic E-state index is -3.58. The zero-order valence-electron chi connectivity index (χ0n) is 10.2. The number of rotatable bonds is 5. The van der Waals surface area contributed by atoms with Gasteiger partial charge in [0.2, 0.25) is 10.0 Å². The fourth-order valence-electron chi connectivity index (χ4n) is 1.90. The molecule has 0 bridgehead atoms. The van der Waals surface area contributed by atoms with E-state index in [4.69, 9.17) is 22.1 Å². The van der Waals surface area contributed by atoms with E-state index in [0.717, 1.165) is 5.56 Å². The largest absolute Gasteiger partial charge is 0.487 e.